The Kier molecular flexibility index (Phi) is 7.45. The largest absolute Gasteiger partial charge is 0.494 e. The van der Waals surface area contributed by atoms with Gasteiger partial charge in [0.15, 0.2) is 0 Å². The van der Waals surface area contributed by atoms with Gasteiger partial charge in [-0.3, -0.25) is 24.3 Å². The number of morpholine rings is 2. The van der Waals surface area contributed by atoms with Crippen LogP contribution in [0.15, 0.2) is 24.3 Å². The van der Waals surface area contributed by atoms with Crippen LogP contribution < -0.4 is 4.74 Å². The lowest BCUT2D eigenvalue weighted by Gasteiger charge is -2.34. The maximum Gasteiger partial charge on any atom is 0.241 e. The minimum Gasteiger partial charge on any atom is -0.494 e. The molecule has 0 saturated carbocycles. The molecule has 0 bridgehead atoms. The van der Waals surface area contributed by atoms with Crippen molar-refractivity contribution in [3.05, 3.63) is 29.8 Å². The molecule has 2 amide bonds. The number of hydrogen-bond acceptors (Lipinski definition) is 7. The Morgan fingerprint density at radius 2 is 1.56 bits per heavy atom. The van der Waals surface area contributed by atoms with E-state index >= 15 is 0 Å². The third kappa shape index (κ3) is 4.69. The molecule has 2 unspecified atom stereocenters. The molecular formula is C24H35N3O5. The predicted molar refractivity (Wildman–Crippen MR) is 119 cm³/mol. The van der Waals surface area contributed by atoms with E-state index in [-0.39, 0.29) is 11.8 Å². The summed E-state index contributed by atoms with van der Waals surface area (Å²) in [5.74, 6) is 0.152. The summed E-state index contributed by atoms with van der Waals surface area (Å²) >= 11 is 0. The molecule has 0 radical (unpaired) electrons. The number of nitrogens with zero attached hydrogens (tertiary/aromatic N) is 3. The molecule has 1 aromatic rings. The summed E-state index contributed by atoms with van der Waals surface area (Å²) in [5, 5.41) is 0. The van der Waals surface area contributed by atoms with Crippen molar-refractivity contribution in [3.63, 3.8) is 0 Å². The van der Waals surface area contributed by atoms with E-state index in [0.717, 1.165) is 43.9 Å². The molecule has 3 saturated heterocycles. The highest BCUT2D eigenvalue weighted by Crippen LogP contribution is 2.42. The highest BCUT2D eigenvalue weighted by atomic mass is 16.5. The molecule has 3 heterocycles. The van der Waals surface area contributed by atoms with Crippen LogP contribution in [0.1, 0.15) is 25.8 Å². The molecule has 0 aliphatic carbocycles. The molecule has 3 fully saturated rings. The number of imide groups is 1. The fourth-order valence-electron chi connectivity index (χ4n) is 4.79. The number of rotatable bonds is 8. The van der Waals surface area contributed by atoms with Gasteiger partial charge >= 0.3 is 0 Å². The molecule has 176 valence electrons. The van der Waals surface area contributed by atoms with Crippen molar-refractivity contribution in [1.82, 2.24) is 14.7 Å². The number of likely N-dealkylation sites (tertiary alicyclic amines) is 1. The molecule has 0 aromatic heterocycles. The Labute approximate surface area is 190 Å². The van der Waals surface area contributed by atoms with Gasteiger partial charge in [-0.05, 0) is 31.0 Å². The molecule has 1 aromatic carbocycles. The summed E-state index contributed by atoms with van der Waals surface area (Å²) in [6.07, 6.45) is 0.935. The van der Waals surface area contributed by atoms with Crippen molar-refractivity contribution in [2.45, 2.75) is 25.7 Å². The predicted octanol–water partition coefficient (Wildman–Crippen LogP) is 1.34. The minimum atomic E-state index is -0.912. The molecular weight excluding hydrogens is 410 g/mol. The molecule has 8 heteroatoms. The number of benzene rings is 1. The summed E-state index contributed by atoms with van der Waals surface area (Å²) in [5.41, 5.74) is -0.0484. The summed E-state index contributed by atoms with van der Waals surface area (Å²) in [4.78, 5) is 33.3. The lowest BCUT2D eigenvalue weighted by atomic mass is 9.73. The standard InChI is InChI=1S/C24H35N3O5/c1-3-12-32-20-6-4-19(5-7-20)24(2)21(17-25-8-13-30-14-9-25)22(28)27(23(24)29)18-26-10-15-31-16-11-26/h4-7,21H,3,8-18H2,1-2H3. The zero-order valence-corrected chi connectivity index (χ0v) is 19.3. The molecule has 32 heavy (non-hydrogen) atoms. The Morgan fingerprint density at radius 1 is 0.969 bits per heavy atom. The van der Waals surface area contributed by atoms with Crippen LogP contribution in [0.3, 0.4) is 0 Å². The van der Waals surface area contributed by atoms with Crippen LogP contribution >= 0.6 is 0 Å². The van der Waals surface area contributed by atoms with Gasteiger partial charge in [0, 0.05) is 32.7 Å². The van der Waals surface area contributed by atoms with Crippen LogP contribution in [0.25, 0.3) is 0 Å². The zero-order chi connectivity index (χ0) is 22.6. The summed E-state index contributed by atoms with van der Waals surface area (Å²) < 4.78 is 16.6. The van der Waals surface area contributed by atoms with Gasteiger partial charge in [-0.15, -0.1) is 0 Å². The SMILES string of the molecule is CCCOc1ccc(C2(C)C(=O)N(CN3CCOCC3)C(=O)C2CN2CCOCC2)cc1. The summed E-state index contributed by atoms with van der Waals surface area (Å²) in [7, 11) is 0. The van der Waals surface area contributed by atoms with Crippen LogP contribution in [0.4, 0.5) is 0 Å². The molecule has 0 N–H and O–H groups in total. The third-order valence-corrected chi connectivity index (χ3v) is 6.87. The Balaban J connectivity index is 1.60. The van der Waals surface area contributed by atoms with Gasteiger partial charge in [0.25, 0.3) is 0 Å². The van der Waals surface area contributed by atoms with E-state index in [0.29, 0.717) is 46.2 Å². The quantitative estimate of drug-likeness (QED) is 0.559. The molecule has 3 aliphatic rings. The van der Waals surface area contributed by atoms with Gasteiger partial charge in [0.05, 0.1) is 51.0 Å². The maximum absolute atomic E-state index is 13.8. The van der Waals surface area contributed by atoms with E-state index in [1.165, 1.54) is 4.90 Å². The Bertz CT molecular complexity index is 789. The molecule has 3 aliphatic heterocycles. The first-order chi connectivity index (χ1) is 15.5. The van der Waals surface area contributed by atoms with E-state index in [9.17, 15) is 9.59 Å². The monoisotopic (exact) mass is 445 g/mol. The van der Waals surface area contributed by atoms with E-state index in [1.807, 2.05) is 31.2 Å². The highest BCUT2D eigenvalue weighted by Gasteiger charge is 2.57. The number of carbonyl (C=O) groups excluding carboxylic acids is 2. The Morgan fingerprint density at radius 3 is 2.16 bits per heavy atom. The first-order valence-corrected chi connectivity index (χ1v) is 11.7. The van der Waals surface area contributed by atoms with E-state index < -0.39 is 11.3 Å². The number of hydrogen-bond donors (Lipinski definition) is 0. The first kappa shape index (κ1) is 23.2. The molecule has 4 rings (SSSR count). The van der Waals surface area contributed by atoms with Crippen LogP contribution in [-0.2, 0) is 24.5 Å². The lowest BCUT2D eigenvalue weighted by Crippen LogP contribution is -2.47. The average Bonchev–Trinajstić information content (AvgIpc) is 3.01. The van der Waals surface area contributed by atoms with Crippen LogP contribution in [0.5, 0.6) is 5.75 Å². The Hall–Kier alpha value is -2.00. The van der Waals surface area contributed by atoms with Crippen molar-refractivity contribution in [1.29, 1.82) is 0 Å². The van der Waals surface area contributed by atoms with Gasteiger partial charge in [0.2, 0.25) is 11.8 Å². The fourth-order valence-corrected chi connectivity index (χ4v) is 4.79. The zero-order valence-electron chi connectivity index (χ0n) is 19.3. The van der Waals surface area contributed by atoms with Crippen molar-refractivity contribution >= 4 is 11.8 Å². The van der Waals surface area contributed by atoms with Crippen molar-refractivity contribution in [3.8, 4) is 5.75 Å². The van der Waals surface area contributed by atoms with E-state index in [1.54, 1.807) is 0 Å². The van der Waals surface area contributed by atoms with Crippen molar-refractivity contribution in [2.24, 2.45) is 5.92 Å². The second kappa shape index (κ2) is 10.3. The topological polar surface area (TPSA) is 71.6 Å². The van der Waals surface area contributed by atoms with E-state index in [4.69, 9.17) is 14.2 Å². The van der Waals surface area contributed by atoms with Gasteiger partial charge in [-0.2, -0.15) is 0 Å². The number of carbonyl (C=O) groups is 2. The van der Waals surface area contributed by atoms with Crippen LogP contribution in [-0.4, -0.2) is 98.9 Å². The second-order valence-electron chi connectivity index (χ2n) is 8.98. The first-order valence-electron chi connectivity index (χ1n) is 11.7. The average molecular weight is 446 g/mol. The minimum absolute atomic E-state index is 0.0817. The lowest BCUT2D eigenvalue weighted by molar-refractivity contribution is -0.143. The van der Waals surface area contributed by atoms with Gasteiger partial charge in [0.1, 0.15) is 5.75 Å². The molecule has 8 nitrogen and oxygen atoms in total. The highest BCUT2D eigenvalue weighted by molar-refractivity contribution is 6.10. The second-order valence-corrected chi connectivity index (χ2v) is 8.98. The van der Waals surface area contributed by atoms with Gasteiger partial charge in [-0.1, -0.05) is 19.1 Å². The van der Waals surface area contributed by atoms with Gasteiger partial charge < -0.3 is 14.2 Å². The number of amides is 2. The van der Waals surface area contributed by atoms with E-state index in [2.05, 4.69) is 16.7 Å². The maximum atomic E-state index is 13.8. The summed E-state index contributed by atoms with van der Waals surface area (Å²) in [6, 6.07) is 7.70. The molecule has 2 atom stereocenters. The smallest absolute Gasteiger partial charge is 0.241 e. The summed E-state index contributed by atoms with van der Waals surface area (Å²) in [6.45, 7) is 11.1. The van der Waals surface area contributed by atoms with Crippen LogP contribution in [0.2, 0.25) is 0 Å². The molecule has 0 spiro atoms. The van der Waals surface area contributed by atoms with Crippen LogP contribution in [0, 0.1) is 5.92 Å². The normalized spacial score (nSPS) is 27.8. The number of ether oxygens (including phenoxy) is 3. The van der Waals surface area contributed by atoms with Crippen molar-refractivity contribution < 1.29 is 23.8 Å². The third-order valence-electron chi connectivity index (χ3n) is 6.87. The van der Waals surface area contributed by atoms with Crippen molar-refractivity contribution in [2.75, 3.05) is 72.4 Å². The van der Waals surface area contributed by atoms with Gasteiger partial charge in [-0.25, -0.2) is 0 Å². The fraction of sp³-hybridized carbons (Fsp3) is 0.667.